The normalized spacial score (nSPS) is 11.5. The number of aryl methyl sites for hydroxylation is 1. The fourth-order valence-electron chi connectivity index (χ4n) is 1.67. The summed E-state index contributed by atoms with van der Waals surface area (Å²) >= 11 is 3.67. The highest BCUT2D eigenvalue weighted by molar-refractivity contribution is 7.21. The molecule has 3 aromatic rings. The molecule has 0 bridgehead atoms. The van der Waals surface area contributed by atoms with Crippen molar-refractivity contribution < 1.29 is 0 Å². The minimum atomic E-state index is 1.40. The van der Waals surface area contributed by atoms with Gasteiger partial charge in [0, 0.05) is 14.8 Å². The van der Waals surface area contributed by atoms with Crippen LogP contribution in [0, 0.1) is 6.92 Å². The van der Waals surface area contributed by atoms with Crippen molar-refractivity contribution in [2.75, 3.05) is 0 Å². The van der Waals surface area contributed by atoms with Crippen molar-refractivity contribution in [3.8, 4) is 0 Å². The van der Waals surface area contributed by atoms with E-state index in [4.69, 9.17) is 0 Å². The second kappa shape index (κ2) is 2.56. The van der Waals surface area contributed by atoms with Gasteiger partial charge < -0.3 is 0 Å². The van der Waals surface area contributed by atoms with Gasteiger partial charge in [-0.05, 0) is 40.8 Å². The number of benzene rings is 1. The summed E-state index contributed by atoms with van der Waals surface area (Å²) in [6.45, 7) is 2.18. The highest BCUT2D eigenvalue weighted by Gasteiger charge is 2.04. The molecule has 0 spiro atoms. The lowest BCUT2D eigenvalue weighted by Crippen LogP contribution is -1.67. The van der Waals surface area contributed by atoms with Gasteiger partial charge in [0.25, 0.3) is 0 Å². The Morgan fingerprint density at radius 1 is 1.00 bits per heavy atom. The van der Waals surface area contributed by atoms with Crippen molar-refractivity contribution in [2.45, 2.75) is 6.92 Å². The lowest BCUT2D eigenvalue weighted by atomic mass is 10.1. The van der Waals surface area contributed by atoms with E-state index in [9.17, 15) is 0 Å². The van der Waals surface area contributed by atoms with Crippen LogP contribution in [-0.2, 0) is 0 Å². The third-order valence-electron chi connectivity index (χ3n) is 2.36. The summed E-state index contributed by atoms with van der Waals surface area (Å²) in [6, 6.07) is 6.68. The summed E-state index contributed by atoms with van der Waals surface area (Å²) in [7, 11) is 0. The summed E-state index contributed by atoms with van der Waals surface area (Å²) in [5.41, 5.74) is 1.40. The van der Waals surface area contributed by atoms with Gasteiger partial charge in [0.15, 0.2) is 0 Å². The van der Waals surface area contributed by atoms with Crippen LogP contribution in [0.15, 0.2) is 29.0 Å². The van der Waals surface area contributed by atoms with Crippen LogP contribution in [0.4, 0.5) is 0 Å². The highest BCUT2D eigenvalue weighted by atomic mass is 32.1. The van der Waals surface area contributed by atoms with Gasteiger partial charge in [-0.25, -0.2) is 0 Å². The van der Waals surface area contributed by atoms with Gasteiger partial charge in [-0.2, -0.15) is 0 Å². The largest absolute Gasteiger partial charge is 0.144 e. The quantitative estimate of drug-likeness (QED) is 0.508. The standard InChI is InChI=1S/C11H8S2/c1-7-6-13-11-8(7)2-3-10-9(11)4-5-12-10/h2-6H,1H3. The molecule has 2 heteroatoms. The Morgan fingerprint density at radius 3 is 2.85 bits per heavy atom. The molecule has 0 saturated heterocycles. The fraction of sp³-hybridized carbons (Fsp3) is 0.0909. The zero-order valence-electron chi connectivity index (χ0n) is 7.20. The lowest BCUT2D eigenvalue weighted by molar-refractivity contribution is 1.60. The van der Waals surface area contributed by atoms with E-state index < -0.39 is 0 Å². The Kier molecular flexibility index (Phi) is 1.49. The van der Waals surface area contributed by atoms with Crippen LogP contribution < -0.4 is 0 Å². The first kappa shape index (κ1) is 7.54. The molecule has 0 radical (unpaired) electrons. The Balaban J connectivity index is 2.66. The molecule has 0 amide bonds. The topological polar surface area (TPSA) is 0 Å². The Morgan fingerprint density at radius 2 is 1.92 bits per heavy atom. The van der Waals surface area contributed by atoms with E-state index in [1.165, 1.54) is 25.7 Å². The minimum Gasteiger partial charge on any atom is -0.144 e. The summed E-state index contributed by atoms with van der Waals surface area (Å²) in [6.07, 6.45) is 0. The number of thiophene rings is 2. The first-order valence-electron chi connectivity index (χ1n) is 4.20. The van der Waals surface area contributed by atoms with Gasteiger partial charge in [-0.3, -0.25) is 0 Å². The third-order valence-corrected chi connectivity index (χ3v) is 4.39. The van der Waals surface area contributed by atoms with Gasteiger partial charge in [-0.15, -0.1) is 22.7 Å². The van der Waals surface area contributed by atoms with E-state index >= 15 is 0 Å². The van der Waals surface area contributed by atoms with E-state index in [1.54, 1.807) is 0 Å². The Bertz CT molecular complexity index is 572. The molecule has 2 heterocycles. The van der Waals surface area contributed by atoms with Crippen LogP contribution >= 0.6 is 22.7 Å². The van der Waals surface area contributed by atoms with E-state index in [2.05, 4.69) is 35.9 Å². The SMILES string of the molecule is Cc1csc2c1ccc1sccc12. The molecular weight excluding hydrogens is 196 g/mol. The van der Waals surface area contributed by atoms with Crippen LogP contribution in [0.1, 0.15) is 5.56 Å². The minimum absolute atomic E-state index is 1.40. The third kappa shape index (κ3) is 0.960. The zero-order chi connectivity index (χ0) is 8.84. The van der Waals surface area contributed by atoms with E-state index in [1.807, 2.05) is 22.7 Å². The van der Waals surface area contributed by atoms with Crippen molar-refractivity contribution >= 4 is 42.8 Å². The average molecular weight is 204 g/mol. The monoisotopic (exact) mass is 204 g/mol. The summed E-state index contributed by atoms with van der Waals surface area (Å²) < 4.78 is 2.84. The zero-order valence-corrected chi connectivity index (χ0v) is 8.84. The van der Waals surface area contributed by atoms with Crippen LogP contribution in [-0.4, -0.2) is 0 Å². The van der Waals surface area contributed by atoms with Crippen molar-refractivity contribution in [1.29, 1.82) is 0 Å². The van der Waals surface area contributed by atoms with Crippen LogP contribution in [0.2, 0.25) is 0 Å². The van der Waals surface area contributed by atoms with E-state index in [0.717, 1.165) is 0 Å². The molecule has 0 aliphatic heterocycles. The van der Waals surface area contributed by atoms with Crippen molar-refractivity contribution in [3.05, 3.63) is 34.5 Å². The molecule has 0 fully saturated rings. The number of fused-ring (bicyclic) bond motifs is 3. The van der Waals surface area contributed by atoms with E-state index in [-0.39, 0.29) is 0 Å². The predicted molar refractivity (Wildman–Crippen MR) is 61.9 cm³/mol. The molecular formula is C11H8S2. The van der Waals surface area contributed by atoms with Crippen LogP contribution in [0.25, 0.3) is 20.2 Å². The Hall–Kier alpha value is -0.860. The number of rotatable bonds is 0. The predicted octanol–water partition coefficient (Wildman–Crippen LogP) is 4.42. The van der Waals surface area contributed by atoms with Crippen molar-refractivity contribution in [2.24, 2.45) is 0 Å². The van der Waals surface area contributed by atoms with Gasteiger partial charge in [0.05, 0.1) is 0 Å². The van der Waals surface area contributed by atoms with E-state index in [0.29, 0.717) is 0 Å². The van der Waals surface area contributed by atoms with Gasteiger partial charge in [0.2, 0.25) is 0 Å². The summed E-state index contributed by atoms with van der Waals surface area (Å²) in [5, 5.41) is 7.23. The van der Waals surface area contributed by atoms with Crippen LogP contribution in [0.5, 0.6) is 0 Å². The van der Waals surface area contributed by atoms with Gasteiger partial charge >= 0.3 is 0 Å². The van der Waals surface area contributed by atoms with Crippen LogP contribution in [0.3, 0.4) is 0 Å². The maximum absolute atomic E-state index is 2.24. The first-order valence-corrected chi connectivity index (χ1v) is 5.96. The van der Waals surface area contributed by atoms with Gasteiger partial charge in [0.1, 0.15) is 0 Å². The van der Waals surface area contributed by atoms with Crippen molar-refractivity contribution in [1.82, 2.24) is 0 Å². The molecule has 0 atom stereocenters. The molecule has 64 valence electrons. The first-order chi connectivity index (χ1) is 6.36. The number of hydrogen-bond acceptors (Lipinski definition) is 2. The average Bonchev–Trinajstić information content (AvgIpc) is 2.70. The Labute approximate surface area is 84.4 Å². The molecule has 0 aliphatic carbocycles. The lowest BCUT2D eigenvalue weighted by Gasteiger charge is -1.92. The number of hydrogen-bond donors (Lipinski definition) is 0. The molecule has 0 N–H and O–H groups in total. The summed E-state index contributed by atoms with van der Waals surface area (Å²) in [5.74, 6) is 0. The van der Waals surface area contributed by atoms with Crippen molar-refractivity contribution in [3.63, 3.8) is 0 Å². The molecule has 2 aromatic heterocycles. The maximum Gasteiger partial charge on any atom is 0.0432 e. The maximum atomic E-state index is 2.24. The molecule has 0 nitrogen and oxygen atoms in total. The molecule has 0 aliphatic rings. The van der Waals surface area contributed by atoms with Gasteiger partial charge in [-0.1, -0.05) is 6.07 Å². The molecule has 0 unspecified atom stereocenters. The molecule has 13 heavy (non-hydrogen) atoms. The second-order valence-corrected chi connectivity index (χ2v) is 5.02. The fourth-order valence-corrected chi connectivity index (χ4v) is 3.61. The molecule has 0 saturated carbocycles. The molecule has 3 rings (SSSR count). The highest BCUT2D eigenvalue weighted by Crippen LogP contribution is 2.34. The summed E-state index contributed by atoms with van der Waals surface area (Å²) in [4.78, 5) is 0. The molecule has 1 aromatic carbocycles. The second-order valence-electron chi connectivity index (χ2n) is 3.19. The smallest absolute Gasteiger partial charge is 0.0432 e.